The van der Waals surface area contributed by atoms with E-state index in [1.165, 1.54) is 14.2 Å². The number of ether oxygens (including phenoxy) is 4. The number of nitrogens with one attached hydrogen (secondary N) is 1. The SMILES string of the molecule is COC(=O)/C=C(/Nc1ccccc1OCCN1CCOCC1)C(=O)OC. The summed E-state index contributed by atoms with van der Waals surface area (Å²) in [5.41, 5.74) is 0.513. The average molecular weight is 364 g/mol. The van der Waals surface area contributed by atoms with E-state index in [0.717, 1.165) is 38.9 Å². The van der Waals surface area contributed by atoms with Crippen molar-refractivity contribution in [2.75, 3.05) is 59.0 Å². The van der Waals surface area contributed by atoms with Crippen LogP contribution < -0.4 is 10.1 Å². The molecule has 142 valence electrons. The number of nitrogens with zero attached hydrogens (tertiary/aromatic N) is 1. The van der Waals surface area contributed by atoms with E-state index >= 15 is 0 Å². The molecule has 1 aliphatic heterocycles. The molecular formula is C18H24N2O6. The monoisotopic (exact) mass is 364 g/mol. The number of esters is 2. The van der Waals surface area contributed by atoms with Gasteiger partial charge in [0.1, 0.15) is 18.1 Å². The molecule has 1 aliphatic rings. The van der Waals surface area contributed by atoms with Crippen LogP contribution in [0.25, 0.3) is 0 Å². The van der Waals surface area contributed by atoms with Gasteiger partial charge in [-0.25, -0.2) is 9.59 Å². The Morgan fingerprint density at radius 3 is 2.62 bits per heavy atom. The molecule has 2 rings (SSSR count). The standard InChI is InChI=1S/C18H24N2O6/c1-23-17(21)13-15(18(22)24-2)19-14-5-3-4-6-16(14)26-12-9-20-7-10-25-11-8-20/h3-6,13,19H,7-12H2,1-2H3/b15-13+. The number of carbonyl (C=O) groups excluding carboxylic acids is 2. The van der Waals surface area contributed by atoms with Crippen molar-refractivity contribution in [3.8, 4) is 5.75 Å². The van der Waals surface area contributed by atoms with Gasteiger partial charge < -0.3 is 24.3 Å². The fraction of sp³-hybridized carbons (Fsp3) is 0.444. The molecule has 1 fully saturated rings. The minimum absolute atomic E-state index is 0.0384. The number of anilines is 1. The van der Waals surface area contributed by atoms with E-state index in [-0.39, 0.29) is 5.70 Å². The predicted octanol–water partition coefficient (Wildman–Crippen LogP) is 1.04. The summed E-state index contributed by atoms with van der Waals surface area (Å²) >= 11 is 0. The molecule has 1 saturated heterocycles. The van der Waals surface area contributed by atoms with Crippen molar-refractivity contribution < 1.29 is 28.5 Å². The van der Waals surface area contributed by atoms with Crippen molar-refractivity contribution in [2.45, 2.75) is 0 Å². The van der Waals surface area contributed by atoms with Gasteiger partial charge in [0, 0.05) is 19.6 Å². The second-order valence-corrected chi connectivity index (χ2v) is 5.50. The molecule has 0 spiro atoms. The zero-order valence-corrected chi connectivity index (χ0v) is 15.0. The molecule has 0 bridgehead atoms. The summed E-state index contributed by atoms with van der Waals surface area (Å²) in [4.78, 5) is 25.6. The third kappa shape index (κ3) is 6.05. The summed E-state index contributed by atoms with van der Waals surface area (Å²) < 4.78 is 20.4. The minimum Gasteiger partial charge on any atom is -0.490 e. The number of morpholine rings is 1. The zero-order valence-electron chi connectivity index (χ0n) is 15.0. The molecule has 1 aromatic rings. The second kappa shape index (κ2) is 10.4. The highest BCUT2D eigenvalue weighted by atomic mass is 16.5. The fourth-order valence-electron chi connectivity index (χ4n) is 2.38. The summed E-state index contributed by atoms with van der Waals surface area (Å²) in [7, 11) is 2.47. The molecule has 1 aromatic carbocycles. The maximum Gasteiger partial charge on any atom is 0.354 e. The number of rotatable bonds is 8. The second-order valence-electron chi connectivity index (χ2n) is 5.50. The molecule has 0 atom stereocenters. The number of methoxy groups -OCH3 is 2. The van der Waals surface area contributed by atoms with E-state index in [4.69, 9.17) is 14.2 Å². The number of hydrogen-bond donors (Lipinski definition) is 1. The van der Waals surface area contributed by atoms with Crippen molar-refractivity contribution in [1.29, 1.82) is 0 Å². The van der Waals surface area contributed by atoms with Crippen molar-refractivity contribution >= 4 is 17.6 Å². The summed E-state index contributed by atoms with van der Waals surface area (Å²) in [6, 6.07) is 7.16. The Kier molecular flexibility index (Phi) is 7.91. The molecular weight excluding hydrogens is 340 g/mol. The van der Waals surface area contributed by atoms with Gasteiger partial charge in [0.05, 0.1) is 39.2 Å². The molecule has 0 saturated carbocycles. The number of benzene rings is 1. The van der Waals surface area contributed by atoms with E-state index in [0.29, 0.717) is 18.0 Å². The third-order valence-electron chi connectivity index (χ3n) is 3.79. The Balaban J connectivity index is 2.02. The van der Waals surface area contributed by atoms with Crippen LogP contribution in [0.3, 0.4) is 0 Å². The Morgan fingerprint density at radius 2 is 1.92 bits per heavy atom. The van der Waals surface area contributed by atoms with Gasteiger partial charge in [-0.05, 0) is 12.1 Å². The van der Waals surface area contributed by atoms with Gasteiger partial charge in [0.15, 0.2) is 0 Å². The molecule has 8 heteroatoms. The van der Waals surface area contributed by atoms with Gasteiger partial charge in [0.25, 0.3) is 0 Å². The first-order chi connectivity index (χ1) is 12.6. The van der Waals surface area contributed by atoms with Crippen molar-refractivity contribution in [2.24, 2.45) is 0 Å². The maximum absolute atomic E-state index is 11.9. The lowest BCUT2D eigenvalue weighted by molar-refractivity contribution is -0.138. The highest BCUT2D eigenvalue weighted by Gasteiger charge is 2.15. The number of carbonyl (C=O) groups is 2. The van der Waals surface area contributed by atoms with Crippen LogP contribution >= 0.6 is 0 Å². The number of hydrogen-bond acceptors (Lipinski definition) is 8. The van der Waals surface area contributed by atoms with Crippen LogP contribution in [-0.2, 0) is 23.8 Å². The average Bonchev–Trinajstić information content (AvgIpc) is 2.68. The lowest BCUT2D eigenvalue weighted by atomic mass is 10.2. The summed E-state index contributed by atoms with van der Waals surface area (Å²) in [5, 5.41) is 2.88. The molecule has 8 nitrogen and oxygen atoms in total. The Hall–Kier alpha value is -2.58. The topological polar surface area (TPSA) is 86.3 Å². The Morgan fingerprint density at radius 1 is 1.19 bits per heavy atom. The Bertz CT molecular complexity index is 640. The first-order valence-corrected chi connectivity index (χ1v) is 8.31. The molecule has 1 heterocycles. The van der Waals surface area contributed by atoms with Crippen LogP contribution in [0, 0.1) is 0 Å². The molecule has 26 heavy (non-hydrogen) atoms. The molecule has 0 radical (unpaired) electrons. The Labute approximate surface area is 152 Å². The fourth-order valence-corrected chi connectivity index (χ4v) is 2.38. The van der Waals surface area contributed by atoms with Crippen molar-refractivity contribution in [3.63, 3.8) is 0 Å². The van der Waals surface area contributed by atoms with Crippen molar-refractivity contribution in [3.05, 3.63) is 36.0 Å². The quantitative estimate of drug-likeness (QED) is 0.541. The van der Waals surface area contributed by atoms with E-state index in [2.05, 4.69) is 15.0 Å². The maximum atomic E-state index is 11.9. The zero-order chi connectivity index (χ0) is 18.8. The molecule has 0 aliphatic carbocycles. The van der Waals surface area contributed by atoms with E-state index in [1.807, 2.05) is 6.07 Å². The van der Waals surface area contributed by atoms with Gasteiger partial charge in [-0.1, -0.05) is 12.1 Å². The van der Waals surface area contributed by atoms with Gasteiger partial charge in [0.2, 0.25) is 0 Å². The lowest BCUT2D eigenvalue weighted by Crippen LogP contribution is -2.38. The normalized spacial score (nSPS) is 15.2. The van der Waals surface area contributed by atoms with Crippen LogP contribution in [0.4, 0.5) is 5.69 Å². The third-order valence-corrected chi connectivity index (χ3v) is 3.79. The lowest BCUT2D eigenvalue weighted by Gasteiger charge is -2.26. The molecule has 0 unspecified atom stereocenters. The largest absolute Gasteiger partial charge is 0.490 e. The van der Waals surface area contributed by atoms with Crippen LogP contribution in [0.1, 0.15) is 0 Å². The van der Waals surface area contributed by atoms with Gasteiger partial charge in [-0.3, -0.25) is 4.90 Å². The van der Waals surface area contributed by atoms with Gasteiger partial charge >= 0.3 is 11.9 Å². The van der Waals surface area contributed by atoms with E-state index in [1.54, 1.807) is 18.2 Å². The van der Waals surface area contributed by atoms with Crippen LogP contribution in [-0.4, -0.2) is 70.5 Å². The van der Waals surface area contributed by atoms with Crippen LogP contribution in [0.5, 0.6) is 5.75 Å². The molecule has 0 aromatic heterocycles. The van der Waals surface area contributed by atoms with E-state index < -0.39 is 11.9 Å². The highest BCUT2D eigenvalue weighted by molar-refractivity contribution is 5.99. The number of para-hydroxylation sites is 2. The summed E-state index contributed by atoms with van der Waals surface area (Å²) in [6.07, 6.45) is 1.04. The van der Waals surface area contributed by atoms with Crippen LogP contribution in [0.2, 0.25) is 0 Å². The van der Waals surface area contributed by atoms with Crippen LogP contribution in [0.15, 0.2) is 36.0 Å². The summed E-state index contributed by atoms with van der Waals surface area (Å²) in [5.74, 6) is -0.775. The molecule has 1 N–H and O–H groups in total. The minimum atomic E-state index is -0.682. The summed E-state index contributed by atoms with van der Waals surface area (Å²) in [6.45, 7) is 4.51. The smallest absolute Gasteiger partial charge is 0.354 e. The van der Waals surface area contributed by atoms with E-state index in [9.17, 15) is 9.59 Å². The first-order valence-electron chi connectivity index (χ1n) is 8.31. The molecule has 0 amide bonds. The highest BCUT2D eigenvalue weighted by Crippen LogP contribution is 2.25. The van der Waals surface area contributed by atoms with Gasteiger partial charge in [-0.15, -0.1) is 0 Å². The van der Waals surface area contributed by atoms with Crippen molar-refractivity contribution in [1.82, 2.24) is 4.90 Å². The first kappa shape index (κ1) is 19.7. The predicted molar refractivity (Wildman–Crippen MR) is 94.9 cm³/mol. The van der Waals surface area contributed by atoms with Gasteiger partial charge in [-0.2, -0.15) is 0 Å².